The first-order valence-electron chi connectivity index (χ1n) is 7.78. The van der Waals surface area contributed by atoms with E-state index in [0.29, 0.717) is 5.92 Å². The molecule has 0 bridgehead atoms. The van der Waals surface area contributed by atoms with Crippen molar-refractivity contribution in [3.8, 4) is 0 Å². The topological polar surface area (TPSA) is 33.1 Å². The van der Waals surface area contributed by atoms with Crippen LogP contribution in [0.1, 0.15) is 44.7 Å². The number of hydrogen-bond acceptors (Lipinski definition) is 3. The molecular weight excluding hydrogens is 236 g/mol. The highest BCUT2D eigenvalue weighted by molar-refractivity contribution is 5.07. The largest absolute Gasteiger partial charge is 0.334 e. The maximum atomic E-state index is 4.36. The highest BCUT2D eigenvalue weighted by atomic mass is 15.1. The Morgan fingerprint density at radius 1 is 1.32 bits per heavy atom. The summed E-state index contributed by atoms with van der Waals surface area (Å²) >= 11 is 0. The molecule has 19 heavy (non-hydrogen) atoms. The molecule has 0 radical (unpaired) electrons. The number of nitrogens with one attached hydrogen (secondary N) is 1. The monoisotopic (exact) mass is 264 g/mol. The Balaban J connectivity index is 1.85. The molecule has 0 amide bonds. The van der Waals surface area contributed by atoms with Crippen LogP contribution in [0, 0.1) is 0 Å². The zero-order chi connectivity index (χ0) is 13.5. The lowest BCUT2D eigenvalue weighted by Gasteiger charge is -2.24. The van der Waals surface area contributed by atoms with Crippen molar-refractivity contribution < 1.29 is 0 Å². The summed E-state index contributed by atoms with van der Waals surface area (Å²) in [5, 5.41) is 3.43. The number of nitrogens with zero attached hydrogens (tertiary/aromatic N) is 3. The summed E-state index contributed by atoms with van der Waals surface area (Å²) in [6.45, 7) is 11.4. The Morgan fingerprint density at radius 3 is 2.74 bits per heavy atom. The van der Waals surface area contributed by atoms with Crippen molar-refractivity contribution in [1.82, 2.24) is 19.8 Å². The van der Waals surface area contributed by atoms with Gasteiger partial charge in [-0.2, -0.15) is 0 Å². The minimum atomic E-state index is 0.706. The number of hydrogen-bond donors (Lipinski definition) is 1. The molecule has 2 rings (SSSR count). The first-order chi connectivity index (χ1) is 9.35. The van der Waals surface area contributed by atoms with Crippen LogP contribution in [0.4, 0.5) is 0 Å². The van der Waals surface area contributed by atoms with Crippen LogP contribution in [0.15, 0.2) is 12.5 Å². The van der Waals surface area contributed by atoms with Crippen LogP contribution in [-0.4, -0.2) is 47.2 Å². The van der Waals surface area contributed by atoms with E-state index >= 15 is 0 Å². The maximum absolute atomic E-state index is 4.36. The van der Waals surface area contributed by atoms with Gasteiger partial charge < -0.3 is 14.8 Å². The third-order valence-electron chi connectivity index (χ3n) is 4.27. The third kappa shape index (κ3) is 4.05. The van der Waals surface area contributed by atoms with Gasteiger partial charge in [0.1, 0.15) is 0 Å². The molecule has 2 heterocycles. The van der Waals surface area contributed by atoms with Gasteiger partial charge in [0.15, 0.2) is 0 Å². The van der Waals surface area contributed by atoms with E-state index in [2.05, 4.69) is 39.8 Å². The summed E-state index contributed by atoms with van der Waals surface area (Å²) in [4.78, 5) is 6.85. The Morgan fingerprint density at radius 2 is 2.05 bits per heavy atom. The smallest absolute Gasteiger partial charge is 0.0948 e. The zero-order valence-electron chi connectivity index (χ0n) is 12.4. The summed E-state index contributed by atoms with van der Waals surface area (Å²) in [5.74, 6) is 0.706. The molecule has 0 aromatic carbocycles. The molecular formula is C15H28N4. The molecule has 1 saturated heterocycles. The predicted octanol–water partition coefficient (Wildman–Crippen LogP) is 2.08. The van der Waals surface area contributed by atoms with E-state index < -0.39 is 0 Å². The Kier molecular flexibility index (Phi) is 5.86. The van der Waals surface area contributed by atoms with Crippen LogP contribution in [0.3, 0.4) is 0 Å². The molecule has 4 heteroatoms. The highest BCUT2D eigenvalue weighted by Crippen LogP contribution is 2.24. The minimum Gasteiger partial charge on any atom is -0.334 e. The van der Waals surface area contributed by atoms with Crippen molar-refractivity contribution in [3.63, 3.8) is 0 Å². The molecule has 1 aromatic heterocycles. The second-order valence-electron chi connectivity index (χ2n) is 5.42. The van der Waals surface area contributed by atoms with Crippen LogP contribution in [0.25, 0.3) is 0 Å². The standard InChI is InChI=1S/C15H28N4/c1-3-18(4-2)10-5-11-19-13-17-12-15(19)14-6-8-16-9-7-14/h12-14,16H,3-11H2,1-2H3. The van der Waals surface area contributed by atoms with Crippen LogP contribution >= 0.6 is 0 Å². The molecule has 1 fully saturated rings. The third-order valence-corrected chi connectivity index (χ3v) is 4.27. The van der Waals surface area contributed by atoms with Gasteiger partial charge in [0.2, 0.25) is 0 Å². The van der Waals surface area contributed by atoms with Crippen LogP contribution < -0.4 is 5.32 Å². The Labute approximate surface area is 117 Å². The summed E-state index contributed by atoms with van der Waals surface area (Å²) in [7, 11) is 0. The van der Waals surface area contributed by atoms with E-state index in [0.717, 1.165) is 32.7 Å². The molecule has 1 aliphatic rings. The van der Waals surface area contributed by atoms with Crippen LogP contribution in [-0.2, 0) is 6.54 Å². The number of aromatic nitrogens is 2. The van der Waals surface area contributed by atoms with Gasteiger partial charge in [0.05, 0.1) is 6.33 Å². The predicted molar refractivity (Wildman–Crippen MR) is 79.5 cm³/mol. The lowest BCUT2D eigenvalue weighted by atomic mass is 9.95. The average Bonchev–Trinajstić information content (AvgIpc) is 2.93. The van der Waals surface area contributed by atoms with Crippen LogP contribution in [0.2, 0.25) is 0 Å². The zero-order valence-corrected chi connectivity index (χ0v) is 12.4. The lowest BCUT2D eigenvalue weighted by Crippen LogP contribution is -2.28. The van der Waals surface area contributed by atoms with Crippen molar-refractivity contribution >= 4 is 0 Å². The second-order valence-corrected chi connectivity index (χ2v) is 5.42. The van der Waals surface area contributed by atoms with Crippen molar-refractivity contribution in [3.05, 3.63) is 18.2 Å². The van der Waals surface area contributed by atoms with E-state index in [4.69, 9.17) is 0 Å². The van der Waals surface area contributed by atoms with E-state index in [1.807, 2.05) is 6.33 Å². The fourth-order valence-corrected chi connectivity index (χ4v) is 2.98. The van der Waals surface area contributed by atoms with Crippen molar-refractivity contribution in [2.45, 2.75) is 45.6 Å². The molecule has 1 aromatic rings. The Bertz CT molecular complexity index is 351. The SMILES string of the molecule is CCN(CC)CCCn1cncc1C1CCNCC1. The summed E-state index contributed by atoms with van der Waals surface area (Å²) in [6.07, 6.45) is 7.81. The minimum absolute atomic E-state index is 0.706. The summed E-state index contributed by atoms with van der Waals surface area (Å²) in [6, 6.07) is 0. The maximum Gasteiger partial charge on any atom is 0.0948 e. The fourth-order valence-electron chi connectivity index (χ4n) is 2.98. The lowest BCUT2D eigenvalue weighted by molar-refractivity contribution is 0.292. The Hall–Kier alpha value is -0.870. The summed E-state index contributed by atoms with van der Waals surface area (Å²) in [5.41, 5.74) is 1.45. The quantitative estimate of drug-likeness (QED) is 0.818. The molecule has 108 valence electrons. The van der Waals surface area contributed by atoms with Crippen molar-refractivity contribution in [2.75, 3.05) is 32.7 Å². The number of piperidine rings is 1. The summed E-state index contributed by atoms with van der Waals surface area (Å²) < 4.78 is 2.37. The van der Waals surface area contributed by atoms with Crippen molar-refractivity contribution in [1.29, 1.82) is 0 Å². The molecule has 0 atom stereocenters. The fraction of sp³-hybridized carbons (Fsp3) is 0.800. The molecule has 0 spiro atoms. The first kappa shape index (κ1) is 14.5. The van der Waals surface area contributed by atoms with Crippen LogP contribution in [0.5, 0.6) is 0 Å². The average molecular weight is 264 g/mol. The molecule has 1 N–H and O–H groups in total. The molecule has 0 saturated carbocycles. The van der Waals surface area contributed by atoms with Gasteiger partial charge in [-0.1, -0.05) is 13.8 Å². The number of imidazole rings is 1. The first-order valence-corrected chi connectivity index (χ1v) is 7.78. The van der Waals surface area contributed by atoms with Gasteiger partial charge in [-0.3, -0.25) is 0 Å². The van der Waals surface area contributed by atoms with Gasteiger partial charge >= 0.3 is 0 Å². The van der Waals surface area contributed by atoms with E-state index in [-0.39, 0.29) is 0 Å². The van der Waals surface area contributed by atoms with Gasteiger partial charge in [0.25, 0.3) is 0 Å². The number of rotatable bonds is 7. The molecule has 0 aliphatic carbocycles. The van der Waals surface area contributed by atoms with E-state index in [1.54, 1.807) is 0 Å². The normalized spacial score (nSPS) is 17.2. The van der Waals surface area contributed by atoms with Gasteiger partial charge in [-0.25, -0.2) is 4.98 Å². The van der Waals surface area contributed by atoms with Gasteiger partial charge in [0, 0.05) is 24.4 Å². The van der Waals surface area contributed by atoms with Crippen molar-refractivity contribution in [2.24, 2.45) is 0 Å². The highest BCUT2D eigenvalue weighted by Gasteiger charge is 2.18. The molecule has 1 aliphatic heterocycles. The van der Waals surface area contributed by atoms with E-state index in [9.17, 15) is 0 Å². The number of aryl methyl sites for hydroxylation is 1. The van der Waals surface area contributed by atoms with E-state index in [1.165, 1.54) is 31.5 Å². The second kappa shape index (κ2) is 7.65. The molecule has 4 nitrogen and oxygen atoms in total. The van der Waals surface area contributed by atoms with Gasteiger partial charge in [-0.05, 0) is 52.0 Å². The molecule has 0 unspecified atom stereocenters. The van der Waals surface area contributed by atoms with Gasteiger partial charge in [-0.15, -0.1) is 0 Å².